The zero-order valence-corrected chi connectivity index (χ0v) is 10.7. The Kier molecular flexibility index (Phi) is 4.37. The van der Waals surface area contributed by atoms with Crippen LogP contribution in [0.15, 0.2) is 30.3 Å². The molecule has 0 radical (unpaired) electrons. The van der Waals surface area contributed by atoms with Gasteiger partial charge < -0.3 is 4.74 Å². The van der Waals surface area contributed by atoms with Gasteiger partial charge in [-0.25, -0.2) is 0 Å². The molecule has 0 aromatic heterocycles. The number of hydrogen-bond acceptors (Lipinski definition) is 3. The smallest absolute Gasteiger partial charge is 0.314 e. The molecule has 96 valence electrons. The molecular formula is C14H15ClO3. The summed E-state index contributed by atoms with van der Waals surface area (Å²) in [4.78, 5) is 22.9. The summed E-state index contributed by atoms with van der Waals surface area (Å²) in [6.45, 7) is 0. The molecule has 0 amide bonds. The third kappa shape index (κ3) is 3.33. The summed E-state index contributed by atoms with van der Waals surface area (Å²) in [5.74, 6) is 0.157. The molecule has 18 heavy (non-hydrogen) atoms. The van der Waals surface area contributed by atoms with Crippen LogP contribution in [0.5, 0.6) is 5.75 Å². The minimum absolute atomic E-state index is 0.0903. The summed E-state index contributed by atoms with van der Waals surface area (Å²) >= 11 is 5.46. The van der Waals surface area contributed by atoms with Gasteiger partial charge in [-0.3, -0.25) is 9.59 Å². The van der Waals surface area contributed by atoms with Gasteiger partial charge in [0.15, 0.2) is 0 Å². The van der Waals surface area contributed by atoms with E-state index in [1.54, 1.807) is 12.1 Å². The molecule has 1 fully saturated rings. The number of ether oxygens (including phenoxy) is 1. The highest BCUT2D eigenvalue weighted by atomic mass is 35.5. The van der Waals surface area contributed by atoms with Crippen molar-refractivity contribution in [2.45, 2.75) is 25.7 Å². The molecule has 0 atom stereocenters. The average Bonchev–Trinajstić information content (AvgIpc) is 2.40. The lowest BCUT2D eigenvalue weighted by atomic mass is 9.83. The molecule has 0 unspecified atom stereocenters. The molecule has 3 nitrogen and oxygen atoms in total. The number of benzene rings is 1. The standard InChI is InChI=1S/C14H15ClO3/c15-13(16)10-6-8-11(9-7-10)14(17)18-12-4-2-1-3-5-12/h1-5,10-11H,6-9H2. The monoisotopic (exact) mass is 266 g/mol. The van der Waals surface area contributed by atoms with Gasteiger partial charge in [0.25, 0.3) is 0 Å². The molecule has 1 aromatic carbocycles. The maximum absolute atomic E-state index is 11.9. The van der Waals surface area contributed by atoms with Crippen molar-refractivity contribution in [3.8, 4) is 5.75 Å². The van der Waals surface area contributed by atoms with Crippen LogP contribution in [-0.2, 0) is 9.59 Å². The molecular weight excluding hydrogens is 252 g/mol. The molecule has 1 aliphatic carbocycles. The average molecular weight is 267 g/mol. The van der Waals surface area contributed by atoms with Gasteiger partial charge in [0.1, 0.15) is 5.75 Å². The van der Waals surface area contributed by atoms with Gasteiger partial charge in [-0.2, -0.15) is 0 Å². The minimum atomic E-state index is -0.287. The molecule has 0 heterocycles. The Hall–Kier alpha value is -1.35. The van der Waals surface area contributed by atoms with Crippen LogP contribution in [0, 0.1) is 11.8 Å². The van der Waals surface area contributed by atoms with E-state index in [1.165, 1.54) is 0 Å². The van der Waals surface area contributed by atoms with Crippen LogP contribution in [0.1, 0.15) is 25.7 Å². The first-order chi connectivity index (χ1) is 8.66. The van der Waals surface area contributed by atoms with E-state index < -0.39 is 0 Å². The maximum Gasteiger partial charge on any atom is 0.314 e. The molecule has 1 aromatic rings. The number of carbonyl (C=O) groups is 2. The Morgan fingerprint density at radius 3 is 2.11 bits per heavy atom. The van der Waals surface area contributed by atoms with E-state index >= 15 is 0 Å². The minimum Gasteiger partial charge on any atom is -0.426 e. The largest absolute Gasteiger partial charge is 0.426 e. The van der Waals surface area contributed by atoms with Gasteiger partial charge >= 0.3 is 5.97 Å². The van der Waals surface area contributed by atoms with Crippen LogP contribution in [-0.4, -0.2) is 11.2 Å². The van der Waals surface area contributed by atoms with Crippen molar-refractivity contribution in [3.05, 3.63) is 30.3 Å². The lowest BCUT2D eigenvalue weighted by Gasteiger charge is -2.24. The molecule has 0 saturated heterocycles. The van der Waals surface area contributed by atoms with Gasteiger partial charge in [-0.1, -0.05) is 18.2 Å². The molecule has 0 N–H and O–H groups in total. The fourth-order valence-electron chi connectivity index (χ4n) is 2.24. The molecule has 1 aliphatic rings. The molecule has 4 heteroatoms. The molecule has 0 bridgehead atoms. The SMILES string of the molecule is O=C(Cl)C1CCC(C(=O)Oc2ccccc2)CC1. The Balaban J connectivity index is 1.86. The third-order valence-electron chi connectivity index (χ3n) is 3.34. The number of hydrogen-bond donors (Lipinski definition) is 0. The predicted octanol–water partition coefficient (Wildman–Crippen LogP) is 3.16. The first-order valence-corrected chi connectivity index (χ1v) is 6.50. The lowest BCUT2D eigenvalue weighted by Crippen LogP contribution is -2.27. The van der Waals surface area contributed by atoms with Gasteiger partial charge in [-0.15, -0.1) is 0 Å². The fraction of sp³-hybridized carbons (Fsp3) is 0.429. The lowest BCUT2D eigenvalue weighted by molar-refractivity contribution is -0.140. The number of rotatable bonds is 3. The molecule has 1 saturated carbocycles. The summed E-state index contributed by atoms with van der Waals surface area (Å²) in [5, 5.41) is -0.287. The van der Waals surface area contributed by atoms with Crippen LogP contribution in [0.4, 0.5) is 0 Å². The van der Waals surface area contributed by atoms with Crippen molar-refractivity contribution in [1.29, 1.82) is 0 Å². The van der Waals surface area contributed by atoms with E-state index in [2.05, 4.69) is 0 Å². The highest BCUT2D eigenvalue weighted by Crippen LogP contribution is 2.31. The fourth-order valence-corrected chi connectivity index (χ4v) is 2.46. The molecule has 2 rings (SSSR count). The highest BCUT2D eigenvalue weighted by Gasteiger charge is 2.30. The Labute approximate surface area is 111 Å². The Bertz CT molecular complexity index is 422. The normalized spacial score (nSPS) is 23.4. The summed E-state index contributed by atoms with van der Waals surface area (Å²) in [6.07, 6.45) is 2.71. The summed E-state index contributed by atoms with van der Waals surface area (Å²) in [7, 11) is 0. The van der Waals surface area contributed by atoms with Gasteiger partial charge in [0, 0.05) is 5.92 Å². The van der Waals surface area contributed by atoms with Gasteiger partial charge in [0.2, 0.25) is 5.24 Å². The van der Waals surface area contributed by atoms with Crippen molar-refractivity contribution in [3.63, 3.8) is 0 Å². The second-order valence-corrected chi connectivity index (χ2v) is 4.96. The van der Waals surface area contributed by atoms with Crippen LogP contribution < -0.4 is 4.74 Å². The first kappa shape index (κ1) is 13.1. The van der Waals surface area contributed by atoms with Crippen molar-refractivity contribution < 1.29 is 14.3 Å². The van der Waals surface area contributed by atoms with Crippen molar-refractivity contribution in [1.82, 2.24) is 0 Å². The number of esters is 1. The van der Waals surface area contributed by atoms with E-state index in [1.807, 2.05) is 18.2 Å². The van der Waals surface area contributed by atoms with E-state index in [0.29, 0.717) is 31.4 Å². The zero-order valence-electron chi connectivity index (χ0n) is 9.97. The van der Waals surface area contributed by atoms with Gasteiger partial charge in [0.05, 0.1) is 5.92 Å². The quantitative estimate of drug-likeness (QED) is 0.479. The predicted molar refractivity (Wildman–Crippen MR) is 68.4 cm³/mol. The summed E-state index contributed by atoms with van der Waals surface area (Å²) in [5.41, 5.74) is 0. The van der Waals surface area contributed by atoms with E-state index in [4.69, 9.17) is 16.3 Å². The van der Waals surface area contributed by atoms with Crippen molar-refractivity contribution in [2.75, 3.05) is 0 Å². The van der Waals surface area contributed by atoms with E-state index in [9.17, 15) is 9.59 Å². The maximum atomic E-state index is 11.9. The number of halogens is 1. The van der Waals surface area contributed by atoms with Crippen LogP contribution in [0.3, 0.4) is 0 Å². The summed E-state index contributed by atoms with van der Waals surface area (Å²) in [6, 6.07) is 9.03. The van der Waals surface area contributed by atoms with Crippen LogP contribution in [0.25, 0.3) is 0 Å². The third-order valence-corrected chi connectivity index (χ3v) is 3.65. The second-order valence-electron chi connectivity index (χ2n) is 4.59. The molecule has 0 aliphatic heterocycles. The highest BCUT2D eigenvalue weighted by molar-refractivity contribution is 6.63. The van der Waals surface area contributed by atoms with Crippen molar-refractivity contribution >= 4 is 22.8 Å². The van der Waals surface area contributed by atoms with Gasteiger partial charge in [-0.05, 0) is 49.4 Å². The molecule has 0 spiro atoms. The van der Waals surface area contributed by atoms with Crippen LogP contribution in [0.2, 0.25) is 0 Å². The second kappa shape index (κ2) is 6.01. The zero-order chi connectivity index (χ0) is 13.0. The summed E-state index contributed by atoms with van der Waals surface area (Å²) < 4.78 is 5.29. The number of para-hydroxylation sites is 1. The van der Waals surface area contributed by atoms with Crippen LogP contribution >= 0.6 is 11.6 Å². The van der Waals surface area contributed by atoms with E-state index in [0.717, 1.165) is 0 Å². The Morgan fingerprint density at radius 2 is 1.56 bits per heavy atom. The Morgan fingerprint density at radius 1 is 1.00 bits per heavy atom. The van der Waals surface area contributed by atoms with Crippen molar-refractivity contribution in [2.24, 2.45) is 11.8 Å². The topological polar surface area (TPSA) is 43.4 Å². The van der Waals surface area contributed by atoms with E-state index in [-0.39, 0.29) is 23.0 Å². The number of carbonyl (C=O) groups excluding carboxylic acids is 2. The first-order valence-electron chi connectivity index (χ1n) is 6.13.